The molecule has 0 unspecified atom stereocenters. The van der Waals surface area contributed by atoms with E-state index in [-0.39, 0.29) is 25.3 Å². The molecule has 2 aliphatic heterocycles. The molecule has 324 valence electrons. The van der Waals surface area contributed by atoms with E-state index in [2.05, 4.69) is 6.92 Å². The Labute approximate surface area is 355 Å². The smallest absolute Gasteiger partial charge is 0.368 e. The van der Waals surface area contributed by atoms with Gasteiger partial charge in [0, 0.05) is 24.3 Å². The third-order valence-corrected chi connectivity index (χ3v) is 13.2. The second kappa shape index (κ2) is 22.0. The number of halogens is 3. The van der Waals surface area contributed by atoms with Crippen molar-refractivity contribution < 1.29 is 41.5 Å². The van der Waals surface area contributed by atoms with Gasteiger partial charge in [-0.2, -0.15) is 0 Å². The van der Waals surface area contributed by atoms with Crippen molar-refractivity contribution in [1.82, 2.24) is 4.90 Å². The summed E-state index contributed by atoms with van der Waals surface area (Å²) in [6.45, 7) is 9.66. The Balaban J connectivity index is 1.15. The van der Waals surface area contributed by atoms with E-state index in [0.29, 0.717) is 35.8 Å². The van der Waals surface area contributed by atoms with Gasteiger partial charge in [0.05, 0.1) is 19.3 Å². The number of rotatable bonds is 21. The van der Waals surface area contributed by atoms with E-state index in [1.807, 2.05) is 64.1 Å². The first-order chi connectivity index (χ1) is 28.2. The first kappa shape index (κ1) is 46.8. The number of ether oxygens (including phenoxy) is 2. The number of carbonyl (C=O) groups excluding carboxylic acids is 2. The number of likely N-dealkylation sites (tertiary alicyclic amines) is 1. The minimum absolute atomic E-state index is 0.0371. The lowest BCUT2D eigenvalue weighted by Gasteiger charge is -2.30. The predicted molar refractivity (Wildman–Crippen MR) is 230 cm³/mol. The zero-order valence-electron chi connectivity index (χ0n) is 35.5. The Hall–Kier alpha value is -3.30. The minimum atomic E-state index is -3.54. The van der Waals surface area contributed by atoms with Crippen LogP contribution in [-0.4, -0.2) is 48.2 Å². The highest BCUT2D eigenvalue weighted by molar-refractivity contribution is 7.53. The topological polar surface area (TPSA) is 91.4 Å². The molecular formula is C47H63ClF2NO7P. The quantitative estimate of drug-likeness (QED) is 0.0456. The van der Waals surface area contributed by atoms with Crippen molar-refractivity contribution in [2.24, 2.45) is 0 Å². The molecule has 0 saturated carbocycles. The Morgan fingerprint density at radius 2 is 1.59 bits per heavy atom. The summed E-state index contributed by atoms with van der Waals surface area (Å²) in [5.74, 6) is -3.60. The molecule has 2 aliphatic rings. The largest absolute Gasteiger partial charge is 0.481 e. The highest BCUT2D eigenvalue weighted by Crippen LogP contribution is 2.56. The molecule has 2 saturated heterocycles. The monoisotopic (exact) mass is 857 g/mol. The van der Waals surface area contributed by atoms with Crippen LogP contribution in [0.2, 0.25) is 5.02 Å². The molecule has 0 bridgehead atoms. The fourth-order valence-electron chi connectivity index (χ4n) is 8.05. The average Bonchev–Trinajstić information content (AvgIpc) is 3.53. The van der Waals surface area contributed by atoms with Crippen molar-refractivity contribution in [3.05, 3.63) is 93.0 Å². The molecular weight excluding hydrogens is 795 g/mol. The van der Waals surface area contributed by atoms with Crippen LogP contribution >= 0.6 is 19.2 Å². The molecule has 0 aromatic heterocycles. The van der Waals surface area contributed by atoms with Crippen LogP contribution in [0.3, 0.4) is 0 Å². The maximum atomic E-state index is 14.7. The summed E-state index contributed by atoms with van der Waals surface area (Å²) >= 11 is 6.16. The number of aryl methyl sites for hydroxylation is 2. The third-order valence-electron chi connectivity index (χ3n) is 11.4. The lowest BCUT2D eigenvalue weighted by molar-refractivity contribution is -0.146. The molecule has 59 heavy (non-hydrogen) atoms. The van der Waals surface area contributed by atoms with Gasteiger partial charge in [-0.3, -0.25) is 13.9 Å². The number of hydrogen-bond donors (Lipinski definition) is 0. The standard InChI is InChI=1S/C47H63ClF2NO7P/c1-6-7-8-9-10-11-12-13-14-15-16-20-45(52)51-31-47(49,50)30-42(51)46(53)57-44-22-21-36(27-40(44)33(2)3)28-41-34(4)25-39(26-35(41)5)55-32-59(54)56-24-23-43(58-59)37-18-17-19-38(48)29-37/h17-19,21-22,25-27,29,33,42-43H,6-16,20,23-24,28,30-32H2,1-5H3/t42-,43+,59-/m1/s1. The minimum Gasteiger partial charge on any atom is -0.481 e. The molecule has 3 atom stereocenters. The number of amides is 1. The summed E-state index contributed by atoms with van der Waals surface area (Å²) in [6.07, 6.45) is 12.3. The Morgan fingerprint density at radius 1 is 0.932 bits per heavy atom. The lowest BCUT2D eigenvalue weighted by Crippen LogP contribution is -2.42. The summed E-state index contributed by atoms with van der Waals surface area (Å²) < 4.78 is 66.3. The fraction of sp³-hybridized carbons (Fsp3) is 0.574. The predicted octanol–water partition coefficient (Wildman–Crippen LogP) is 13.2. The van der Waals surface area contributed by atoms with Crippen molar-refractivity contribution in [2.45, 2.75) is 155 Å². The molecule has 0 radical (unpaired) electrons. The number of benzene rings is 3. The van der Waals surface area contributed by atoms with Gasteiger partial charge in [0.15, 0.2) is 6.35 Å². The molecule has 3 aromatic carbocycles. The van der Waals surface area contributed by atoms with Crippen LogP contribution in [0.4, 0.5) is 8.78 Å². The second-order valence-electron chi connectivity index (χ2n) is 16.7. The number of alkyl halides is 2. The first-order valence-electron chi connectivity index (χ1n) is 21.6. The van der Waals surface area contributed by atoms with Gasteiger partial charge in [-0.05, 0) is 96.3 Å². The van der Waals surface area contributed by atoms with Gasteiger partial charge >= 0.3 is 13.6 Å². The molecule has 5 rings (SSSR count). The fourth-order valence-corrected chi connectivity index (χ4v) is 9.75. The number of hydrogen-bond acceptors (Lipinski definition) is 7. The van der Waals surface area contributed by atoms with Crippen LogP contribution in [0.15, 0.2) is 54.6 Å². The molecule has 0 aliphatic carbocycles. The van der Waals surface area contributed by atoms with Gasteiger partial charge in [-0.25, -0.2) is 13.6 Å². The lowest BCUT2D eigenvalue weighted by atomic mass is 9.93. The average molecular weight is 858 g/mol. The molecule has 12 heteroatoms. The highest BCUT2D eigenvalue weighted by atomic mass is 35.5. The number of carbonyl (C=O) groups is 2. The van der Waals surface area contributed by atoms with Crippen LogP contribution in [-0.2, 0) is 29.6 Å². The van der Waals surface area contributed by atoms with Crippen LogP contribution in [0.1, 0.15) is 156 Å². The number of nitrogens with zero attached hydrogens (tertiary/aromatic N) is 1. The van der Waals surface area contributed by atoms with E-state index in [1.54, 1.807) is 18.2 Å². The molecule has 8 nitrogen and oxygen atoms in total. The van der Waals surface area contributed by atoms with E-state index in [9.17, 15) is 22.9 Å². The highest BCUT2D eigenvalue weighted by Gasteiger charge is 2.50. The molecule has 1 amide bonds. The molecule has 0 spiro atoms. The van der Waals surface area contributed by atoms with E-state index in [0.717, 1.165) is 57.5 Å². The normalized spacial score (nSPS) is 20.3. The van der Waals surface area contributed by atoms with Crippen LogP contribution < -0.4 is 9.47 Å². The molecule has 2 heterocycles. The van der Waals surface area contributed by atoms with Gasteiger partial charge in [-0.15, -0.1) is 0 Å². The van der Waals surface area contributed by atoms with Gasteiger partial charge in [0.1, 0.15) is 17.5 Å². The van der Waals surface area contributed by atoms with Gasteiger partial charge < -0.3 is 18.9 Å². The summed E-state index contributed by atoms with van der Waals surface area (Å²) in [5, 5.41) is 0.578. The van der Waals surface area contributed by atoms with Crippen molar-refractivity contribution in [2.75, 3.05) is 19.5 Å². The van der Waals surface area contributed by atoms with Crippen molar-refractivity contribution in [3.63, 3.8) is 0 Å². The molecule has 2 fully saturated rings. The maximum Gasteiger partial charge on any atom is 0.368 e. The van der Waals surface area contributed by atoms with E-state index in [1.165, 1.54) is 44.9 Å². The second-order valence-corrected chi connectivity index (χ2v) is 19.1. The van der Waals surface area contributed by atoms with Crippen molar-refractivity contribution in [3.8, 4) is 11.5 Å². The summed E-state index contributed by atoms with van der Waals surface area (Å²) in [7, 11) is -3.54. The van der Waals surface area contributed by atoms with E-state index < -0.39 is 50.5 Å². The van der Waals surface area contributed by atoms with E-state index in [4.69, 9.17) is 30.1 Å². The van der Waals surface area contributed by atoms with E-state index >= 15 is 0 Å². The number of esters is 1. The Bertz CT molecular complexity index is 1900. The molecule has 3 aromatic rings. The van der Waals surface area contributed by atoms with Crippen LogP contribution in [0, 0.1) is 13.8 Å². The third kappa shape index (κ3) is 13.9. The SMILES string of the molecule is CCCCCCCCCCCCCC(=O)N1CC(F)(F)C[C@@H]1C(=O)Oc1ccc(Cc2c(C)cc(OC[P@@]3(=O)OCC[C@@H](c4cccc(Cl)c4)O3)cc2C)cc1C(C)C. The zero-order chi connectivity index (χ0) is 42.6. The summed E-state index contributed by atoms with van der Waals surface area (Å²) in [6, 6.07) is 15.3. The van der Waals surface area contributed by atoms with Gasteiger partial charge in [0.25, 0.3) is 5.92 Å². The molecule has 0 N–H and O–H groups in total. The Morgan fingerprint density at radius 3 is 2.24 bits per heavy atom. The van der Waals surface area contributed by atoms with Crippen molar-refractivity contribution >= 4 is 31.1 Å². The van der Waals surface area contributed by atoms with Crippen molar-refractivity contribution in [1.29, 1.82) is 0 Å². The maximum absolute atomic E-state index is 14.7. The summed E-state index contributed by atoms with van der Waals surface area (Å²) in [4.78, 5) is 27.7. The Kier molecular flexibility index (Phi) is 17.4. The van der Waals surface area contributed by atoms with Crippen LogP contribution in [0.25, 0.3) is 0 Å². The van der Waals surface area contributed by atoms with Crippen LogP contribution in [0.5, 0.6) is 11.5 Å². The number of unbranched alkanes of at least 4 members (excludes halogenated alkanes) is 10. The van der Waals surface area contributed by atoms with Gasteiger partial charge in [-0.1, -0.05) is 121 Å². The van der Waals surface area contributed by atoms with Gasteiger partial charge in [0.2, 0.25) is 5.91 Å². The summed E-state index contributed by atoms with van der Waals surface area (Å²) in [5.41, 5.74) is 5.61. The zero-order valence-corrected chi connectivity index (χ0v) is 37.2. The first-order valence-corrected chi connectivity index (χ1v) is 23.7.